The van der Waals surface area contributed by atoms with Gasteiger partial charge in [-0.05, 0) is 121 Å². The Morgan fingerprint density at radius 1 is 0.853 bits per heavy atom. The molecule has 0 amide bonds. The van der Waals surface area contributed by atoms with E-state index in [1.165, 1.54) is 19.3 Å². The number of carbonyl (C=O) groups is 1. The Morgan fingerprint density at radius 2 is 1.56 bits per heavy atom. The Labute approximate surface area is 206 Å². The highest BCUT2D eigenvalue weighted by Crippen LogP contribution is 2.77. The highest BCUT2D eigenvalue weighted by atomic mass is 16.4. The van der Waals surface area contributed by atoms with Crippen LogP contribution in [0.25, 0.3) is 0 Å². The molecule has 5 aliphatic rings. The molecule has 0 spiro atoms. The zero-order valence-corrected chi connectivity index (χ0v) is 22.2. The van der Waals surface area contributed by atoms with E-state index in [1.54, 1.807) is 0 Å². The lowest BCUT2D eigenvalue weighted by molar-refractivity contribution is -0.249. The minimum absolute atomic E-state index is 0.00916. The van der Waals surface area contributed by atoms with Gasteiger partial charge in [-0.1, -0.05) is 41.2 Å². The van der Waals surface area contributed by atoms with E-state index < -0.39 is 5.97 Å². The van der Waals surface area contributed by atoms with E-state index in [4.69, 9.17) is 0 Å². The van der Waals surface area contributed by atoms with Gasteiger partial charge in [0.05, 0.1) is 6.10 Å². The van der Waals surface area contributed by atoms with Gasteiger partial charge in [0, 0.05) is 12.2 Å². The Morgan fingerprint density at radius 3 is 2.21 bits per heavy atom. The second-order valence-corrected chi connectivity index (χ2v) is 14.6. The number of hydrogen-bond donors (Lipinski definition) is 3. The normalized spacial score (nSPS) is 53.7. The minimum Gasteiger partial charge on any atom is -0.478 e. The lowest BCUT2D eigenvalue weighted by Gasteiger charge is -2.73. The topological polar surface area (TPSA) is 77.8 Å². The molecular formula is C30H48O4. The van der Waals surface area contributed by atoms with Gasteiger partial charge in [-0.15, -0.1) is 0 Å². The summed E-state index contributed by atoms with van der Waals surface area (Å²) in [4.78, 5) is 12.0. The number of rotatable bonds is 3. The quantitative estimate of drug-likeness (QED) is 0.436. The molecule has 0 aromatic heterocycles. The molecule has 4 heteroatoms. The molecule has 3 N–H and O–H groups in total. The average Bonchev–Trinajstić information content (AvgIpc) is 3.16. The number of carboxylic acid groups (broad SMARTS) is 1. The molecular weight excluding hydrogens is 424 g/mol. The van der Waals surface area contributed by atoms with Gasteiger partial charge < -0.3 is 15.3 Å². The molecule has 0 aromatic rings. The molecule has 34 heavy (non-hydrogen) atoms. The zero-order chi connectivity index (χ0) is 24.9. The van der Waals surface area contributed by atoms with Gasteiger partial charge in [0.15, 0.2) is 0 Å². The number of carboxylic acids is 1. The van der Waals surface area contributed by atoms with Crippen molar-refractivity contribution in [3.63, 3.8) is 0 Å². The zero-order valence-electron chi connectivity index (χ0n) is 22.2. The van der Waals surface area contributed by atoms with E-state index in [9.17, 15) is 20.1 Å². The van der Waals surface area contributed by atoms with Gasteiger partial charge in [0.2, 0.25) is 0 Å². The van der Waals surface area contributed by atoms with E-state index >= 15 is 0 Å². The first-order valence-corrected chi connectivity index (χ1v) is 14.0. The first-order chi connectivity index (χ1) is 15.8. The van der Waals surface area contributed by atoms with Crippen LogP contribution in [-0.4, -0.2) is 34.0 Å². The SMILES string of the molecule is C=C(C(=O)O)[C@@H]1CC[C@]2(CO)CC[C@]3(C)[C@H](CC[C@H]4C3(C)CC[C@H]3C(C)(C)C(O)CC[C@@]34C)[C@@H]12. The van der Waals surface area contributed by atoms with Crippen LogP contribution >= 0.6 is 0 Å². The minimum atomic E-state index is -0.859. The molecule has 5 saturated carbocycles. The van der Waals surface area contributed by atoms with Crippen molar-refractivity contribution in [2.24, 2.45) is 56.7 Å². The summed E-state index contributed by atoms with van der Waals surface area (Å²) in [6.07, 6.45) is 10.5. The number of fused-ring (bicyclic) bond motifs is 7. The van der Waals surface area contributed by atoms with E-state index in [0.29, 0.717) is 23.3 Å². The summed E-state index contributed by atoms with van der Waals surface area (Å²) in [5, 5.41) is 31.4. The third kappa shape index (κ3) is 2.88. The van der Waals surface area contributed by atoms with Crippen LogP contribution in [0.5, 0.6) is 0 Å². The molecule has 0 aliphatic heterocycles. The molecule has 0 bridgehead atoms. The van der Waals surface area contributed by atoms with Crippen LogP contribution in [0.4, 0.5) is 0 Å². The van der Waals surface area contributed by atoms with Crippen molar-refractivity contribution in [3.05, 3.63) is 12.2 Å². The van der Waals surface area contributed by atoms with Gasteiger partial charge in [-0.25, -0.2) is 4.79 Å². The van der Waals surface area contributed by atoms with Crippen LogP contribution in [-0.2, 0) is 4.79 Å². The van der Waals surface area contributed by atoms with Crippen LogP contribution < -0.4 is 0 Å². The van der Waals surface area contributed by atoms with E-state index in [2.05, 4.69) is 41.2 Å². The van der Waals surface area contributed by atoms with Crippen molar-refractivity contribution in [2.75, 3.05) is 6.61 Å². The molecule has 192 valence electrons. The lowest BCUT2D eigenvalue weighted by atomic mass is 9.32. The molecule has 0 saturated heterocycles. The van der Waals surface area contributed by atoms with Crippen LogP contribution in [0.15, 0.2) is 12.2 Å². The van der Waals surface area contributed by atoms with Gasteiger partial charge in [0.1, 0.15) is 0 Å². The van der Waals surface area contributed by atoms with Gasteiger partial charge in [-0.3, -0.25) is 0 Å². The second-order valence-electron chi connectivity index (χ2n) is 14.6. The Hall–Kier alpha value is -0.870. The Bertz CT molecular complexity index is 879. The molecule has 10 atom stereocenters. The first kappa shape index (κ1) is 24.8. The summed E-state index contributed by atoms with van der Waals surface area (Å²) in [6, 6.07) is 0. The molecule has 0 radical (unpaired) electrons. The molecule has 5 fully saturated rings. The maximum atomic E-state index is 12.0. The van der Waals surface area contributed by atoms with Crippen molar-refractivity contribution in [2.45, 2.75) is 105 Å². The highest BCUT2D eigenvalue weighted by molar-refractivity contribution is 5.86. The second kappa shape index (κ2) is 7.57. The van der Waals surface area contributed by atoms with E-state index in [-0.39, 0.29) is 51.6 Å². The van der Waals surface area contributed by atoms with Crippen LogP contribution in [0.2, 0.25) is 0 Å². The smallest absolute Gasteiger partial charge is 0.331 e. The summed E-state index contributed by atoms with van der Waals surface area (Å²) in [6.45, 7) is 16.5. The van der Waals surface area contributed by atoms with Crippen molar-refractivity contribution in [3.8, 4) is 0 Å². The first-order valence-electron chi connectivity index (χ1n) is 14.0. The van der Waals surface area contributed by atoms with Gasteiger partial charge in [0.25, 0.3) is 0 Å². The predicted molar refractivity (Wildman–Crippen MR) is 134 cm³/mol. The number of aliphatic hydroxyl groups excluding tert-OH is 2. The third-order valence-corrected chi connectivity index (χ3v) is 13.6. The molecule has 5 rings (SSSR count). The summed E-state index contributed by atoms with van der Waals surface area (Å²) < 4.78 is 0. The third-order valence-electron chi connectivity index (χ3n) is 13.6. The number of aliphatic carboxylic acids is 1. The fourth-order valence-electron chi connectivity index (χ4n) is 11.5. The van der Waals surface area contributed by atoms with Crippen molar-refractivity contribution in [1.29, 1.82) is 0 Å². The summed E-state index contributed by atoms with van der Waals surface area (Å²) >= 11 is 0. The maximum absolute atomic E-state index is 12.0. The van der Waals surface area contributed by atoms with Crippen molar-refractivity contribution in [1.82, 2.24) is 0 Å². The van der Waals surface area contributed by atoms with Crippen LogP contribution in [0.3, 0.4) is 0 Å². The Balaban J connectivity index is 1.55. The molecule has 5 aliphatic carbocycles. The maximum Gasteiger partial charge on any atom is 0.331 e. The van der Waals surface area contributed by atoms with Crippen LogP contribution in [0, 0.1) is 56.7 Å². The van der Waals surface area contributed by atoms with Crippen molar-refractivity contribution < 1.29 is 20.1 Å². The molecule has 4 nitrogen and oxygen atoms in total. The summed E-state index contributed by atoms with van der Waals surface area (Å²) in [7, 11) is 0. The molecule has 0 aromatic carbocycles. The summed E-state index contributed by atoms with van der Waals surface area (Å²) in [5.74, 6) is 0.990. The fraction of sp³-hybridized carbons (Fsp3) is 0.900. The van der Waals surface area contributed by atoms with E-state index in [0.717, 1.165) is 44.9 Å². The highest BCUT2D eigenvalue weighted by Gasteiger charge is 2.70. The predicted octanol–water partition coefficient (Wildman–Crippen LogP) is 6.06. The van der Waals surface area contributed by atoms with Gasteiger partial charge in [-0.2, -0.15) is 0 Å². The van der Waals surface area contributed by atoms with Crippen molar-refractivity contribution >= 4 is 5.97 Å². The van der Waals surface area contributed by atoms with Gasteiger partial charge >= 0.3 is 5.97 Å². The Kier molecular flexibility index (Phi) is 5.52. The summed E-state index contributed by atoms with van der Waals surface area (Å²) in [5.41, 5.74) is 0.799. The average molecular weight is 473 g/mol. The molecule has 2 unspecified atom stereocenters. The lowest BCUT2D eigenvalue weighted by Crippen LogP contribution is -2.66. The van der Waals surface area contributed by atoms with Crippen LogP contribution in [0.1, 0.15) is 98.8 Å². The largest absolute Gasteiger partial charge is 0.478 e. The number of aliphatic hydroxyl groups is 2. The van der Waals surface area contributed by atoms with E-state index in [1.807, 2.05) is 0 Å². The monoisotopic (exact) mass is 472 g/mol. The standard InChI is InChI=1S/C30H48O4/c1-18(25(33)34)19-9-14-30(17-31)16-15-28(5)20(24(19)30)7-8-22-27(4)12-11-23(32)26(2,3)21(27)10-13-29(22,28)6/h19-24,31-32H,1,7-17H2,2-6H3,(H,33,34)/t19-,20+,21-,22+,23?,24+,27-,28+,29?,30+/m0/s1. The number of hydrogen-bond acceptors (Lipinski definition) is 3. The molecule has 0 heterocycles. The fourth-order valence-corrected chi connectivity index (χ4v) is 11.5.